The minimum absolute atomic E-state index is 0.372. The van der Waals surface area contributed by atoms with E-state index in [0.29, 0.717) is 22.6 Å². The summed E-state index contributed by atoms with van der Waals surface area (Å²) in [5, 5.41) is 8.07. The van der Waals surface area contributed by atoms with Crippen molar-refractivity contribution in [3.8, 4) is 5.75 Å². The first-order valence-corrected chi connectivity index (χ1v) is 10.5. The van der Waals surface area contributed by atoms with Crippen molar-refractivity contribution >= 4 is 40.5 Å². The van der Waals surface area contributed by atoms with E-state index in [9.17, 15) is 14.4 Å². The van der Waals surface area contributed by atoms with Crippen molar-refractivity contribution in [3.63, 3.8) is 0 Å². The van der Waals surface area contributed by atoms with Gasteiger partial charge in [-0.2, -0.15) is 5.10 Å². The molecule has 2 amide bonds. The Kier molecular flexibility index (Phi) is 6.74. The van der Waals surface area contributed by atoms with Crippen molar-refractivity contribution in [1.29, 1.82) is 0 Å². The lowest BCUT2D eigenvalue weighted by Crippen LogP contribution is -2.32. The van der Waals surface area contributed by atoms with Gasteiger partial charge in [0.1, 0.15) is 5.75 Å². The Morgan fingerprint density at radius 3 is 2.26 bits per heavy atom. The van der Waals surface area contributed by atoms with Crippen LogP contribution in [-0.2, 0) is 9.59 Å². The number of rotatable bonds is 5. The van der Waals surface area contributed by atoms with Crippen LogP contribution in [0.5, 0.6) is 5.75 Å². The molecule has 2 N–H and O–H groups in total. The quantitative estimate of drug-likeness (QED) is 0.154. The number of benzene rings is 4. The van der Waals surface area contributed by atoms with Crippen molar-refractivity contribution in [2.24, 2.45) is 5.10 Å². The minimum Gasteiger partial charge on any atom is -0.423 e. The van der Waals surface area contributed by atoms with Crippen LogP contribution in [0.2, 0.25) is 0 Å². The van der Waals surface area contributed by atoms with Crippen molar-refractivity contribution < 1.29 is 19.1 Å². The monoisotopic (exact) mass is 451 g/mol. The molecule has 0 bridgehead atoms. The van der Waals surface area contributed by atoms with Gasteiger partial charge in [-0.3, -0.25) is 9.59 Å². The van der Waals surface area contributed by atoms with E-state index in [1.807, 2.05) is 55.5 Å². The fourth-order valence-electron chi connectivity index (χ4n) is 3.23. The van der Waals surface area contributed by atoms with Crippen LogP contribution in [0.15, 0.2) is 96.1 Å². The van der Waals surface area contributed by atoms with E-state index in [2.05, 4.69) is 15.8 Å². The molecule has 0 aliphatic rings. The number of hydrogen-bond donors (Lipinski definition) is 2. The van der Waals surface area contributed by atoms with Gasteiger partial charge in [0.2, 0.25) is 0 Å². The summed E-state index contributed by atoms with van der Waals surface area (Å²) in [6.07, 6.45) is 1.38. The van der Waals surface area contributed by atoms with Gasteiger partial charge in [0.05, 0.1) is 11.8 Å². The molecular weight excluding hydrogens is 430 g/mol. The van der Waals surface area contributed by atoms with Crippen molar-refractivity contribution in [2.45, 2.75) is 6.92 Å². The van der Waals surface area contributed by atoms with Crippen LogP contribution in [0.25, 0.3) is 10.8 Å². The molecule has 0 unspecified atom stereocenters. The SMILES string of the molecule is Cc1ccc(NC(=O)C(=O)NN=Cc2ccc(OC(=O)c3cccc4ccccc34)cc2)cc1. The molecule has 7 heteroatoms. The number of amides is 2. The van der Waals surface area contributed by atoms with Crippen LogP contribution in [0.4, 0.5) is 5.69 Å². The van der Waals surface area contributed by atoms with Crippen molar-refractivity contribution in [1.82, 2.24) is 5.43 Å². The highest BCUT2D eigenvalue weighted by Crippen LogP contribution is 2.21. The first-order valence-electron chi connectivity index (χ1n) is 10.5. The number of carbonyl (C=O) groups excluding carboxylic acids is 3. The van der Waals surface area contributed by atoms with E-state index in [-0.39, 0.29) is 0 Å². The van der Waals surface area contributed by atoms with Crippen LogP contribution in [0.1, 0.15) is 21.5 Å². The molecule has 0 aliphatic heterocycles. The van der Waals surface area contributed by atoms with Gasteiger partial charge in [0.25, 0.3) is 0 Å². The van der Waals surface area contributed by atoms with Crippen LogP contribution in [-0.4, -0.2) is 24.0 Å². The molecule has 0 saturated heterocycles. The van der Waals surface area contributed by atoms with E-state index in [1.165, 1.54) is 6.21 Å². The molecule has 0 aromatic heterocycles. The van der Waals surface area contributed by atoms with Gasteiger partial charge in [-0.25, -0.2) is 10.2 Å². The molecule has 0 saturated carbocycles. The number of fused-ring (bicyclic) bond motifs is 1. The second kappa shape index (κ2) is 10.2. The lowest BCUT2D eigenvalue weighted by Gasteiger charge is -2.07. The number of carbonyl (C=O) groups is 3. The largest absolute Gasteiger partial charge is 0.423 e. The van der Waals surface area contributed by atoms with Crippen LogP contribution in [0, 0.1) is 6.92 Å². The maximum Gasteiger partial charge on any atom is 0.344 e. The molecule has 7 nitrogen and oxygen atoms in total. The number of ether oxygens (including phenoxy) is 1. The van der Waals surface area contributed by atoms with Gasteiger partial charge in [-0.1, -0.05) is 54.1 Å². The standard InChI is InChI=1S/C27H21N3O4/c1-18-9-13-21(14-10-18)29-25(31)26(32)30-28-17-19-11-15-22(16-12-19)34-27(33)24-8-4-6-20-5-2-3-7-23(20)24/h2-17H,1H3,(H,29,31)(H,30,32). The summed E-state index contributed by atoms with van der Waals surface area (Å²) in [5.74, 6) is -1.80. The van der Waals surface area contributed by atoms with Gasteiger partial charge in [0, 0.05) is 5.69 Å². The molecule has 0 fully saturated rings. The van der Waals surface area contributed by atoms with E-state index >= 15 is 0 Å². The zero-order valence-corrected chi connectivity index (χ0v) is 18.3. The lowest BCUT2D eigenvalue weighted by molar-refractivity contribution is -0.136. The average molecular weight is 451 g/mol. The number of aryl methyl sites for hydroxylation is 1. The van der Waals surface area contributed by atoms with E-state index in [4.69, 9.17) is 4.74 Å². The van der Waals surface area contributed by atoms with Crippen molar-refractivity contribution in [3.05, 3.63) is 108 Å². The summed E-state index contributed by atoms with van der Waals surface area (Å²) in [4.78, 5) is 36.5. The molecular formula is C27H21N3O4. The second-order valence-corrected chi connectivity index (χ2v) is 7.50. The highest BCUT2D eigenvalue weighted by Gasteiger charge is 2.13. The highest BCUT2D eigenvalue weighted by atomic mass is 16.5. The number of nitrogens with one attached hydrogen (secondary N) is 2. The zero-order chi connectivity index (χ0) is 23.9. The fourth-order valence-corrected chi connectivity index (χ4v) is 3.23. The molecule has 4 rings (SSSR count). The fraction of sp³-hybridized carbons (Fsp3) is 0.0370. The summed E-state index contributed by atoms with van der Waals surface area (Å²) >= 11 is 0. The third-order valence-electron chi connectivity index (χ3n) is 5.00. The van der Waals surface area contributed by atoms with E-state index < -0.39 is 17.8 Å². The Hall–Kier alpha value is -4.78. The summed E-state index contributed by atoms with van der Waals surface area (Å²) in [6, 6.07) is 26.7. The summed E-state index contributed by atoms with van der Waals surface area (Å²) in [6.45, 7) is 1.93. The Bertz CT molecular complexity index is 1370. The van der Waals surface area contributed by atoms with Crippen molar-refractivity contribution in [2.75, 3.05) is 5.32 Å². The van der Waals surface area contributed by atoms with Crippen LogP contribution < -0.4 is 15.5 Å². The Balaban J connectivity index is 1.32. The topological polar surface area (TPSA) is 96.9 Å². The molecule has 0 heterocycles. The number of hydrogen-bond acceptors (Lipinski definition) is 5. The Morgan fingerprint density at radius 1 is 0.794 bits per heavy atom. The second-order valence-electron chi connectivity index (χ2n) is 7.50. The highest BCUT2D eigenvalue weighted by molar-refractivity contribution is 6.39. The third kappa shape index (κ3) is 5.52. The average Bonchev–Trinajstić information content (AvgIpc) is 2.86. The summed E-state index contributed by atoms with van der Waals surface area (Å²) in [7, 11) is 0. The van der Waals surface area contributed by atoms with Gasteiger partial charge in [-0.15, -0.1) is 0 Å². The third-order valence-corrected chi connectivity index (χ3v) is 5.00. The number of anilines is 1. The maximum atomic E-state index is 12.6. The smallest absolute Gasteiger partial charge is 0.344 e. The molecule has 4 aromatic carbocycles. The molecule has 0 spiro atoms. The Labute approximate surface area is 196 Å². The first-order chi connectivity index (χ1) is 16.5. The molecule has 34 heavy (non-hydrogen) atoms. The first kappa shape index (κ1) is 22.4. The molecule has 0 atom stereocenters. The molecule has 168 valence electrons. The zero-order valence-electron chi connectivity index (χ0n) is 18.3. The van der Waals surface area contributed by atoms with Crippen LogP contribution in [0.3, 0.4) is 0 Å². The normalized spacial score (nSPS) is 10.7. The summed E-state index contributed by atoms with van der Waals surface area (Å²) in [5.41, 5.74) is 4.87. The number of esters is 1. The van der Waals surface area contributed by atoms with Gasteiger partial charge >= 0.3 is 17.8 Å². The Morgan fingerprint density at radius 2 is 1.50 bits per heavy atom. The molecule has 0 aliphatic carbocycles. The molecule has 4 aromatic rings. The lowest BCUT2D eigenvalue weighted by atomic mass is 10.0. The van der Waals surface area contributed by atoms with Crippen LogP contribution >= 0.6 is 0 Å². The predicted molar refractivity (Wildman–Crippen MR) is 131 cm³/mol. The maximum absolute atomic E-state index is 12.6. The predicted octanol–water partition coefficient (Wildman–Crippen LogP) is 4.46. The van der Waals surface area contributed by atoms with Gasteiger partial charge in [-0.05, 0) is 65.7 Å². The van der Waals surface area contributed by atoms with E-state index in [1.54, 1.807) is 42.5 Å². The molecule has 0 radical (unpaired) electrons. The summed E-state index contributed by atoms with van der Waals surface area (Å²) < 4.78 is 5.50. The van der Waals surface area contributed by atoms with Gasteiger partial charge in [0.15, 0.2) is 0 Å². The van der Waals surface area contributed by atoms with E-state index in [0.717, 1.165) is 16.3 Å². The number of nitrogens with zero attached hydrogens (tertiary/aromatic N) is 1. The minimum atomic E-state index is -0.891. The van der Waals surface area contributed by atoms with Gasteiger partial charge < -0.3 is 10.1 Å². The number of hydrazone groups is 1.